The van der Waals surface area contributed by atoms with E-state index in [-0.39, 0.29) is 6.10 Å². The maximum Gasteiger partial charge on any atom is 0.182 e. The average molecular weight is 290 g/mol. The van der Waals surface area contributed by atoms with Crippen LogP contribution < -0.4 is 4.74 Å². The van der Waals surface area contributed by atoms with Gasteiger partial charge in [0.25, 0.3) is 0 Å². The summed E-state index contributed by atoms with van der Waals surface area (Å²) in [7, 11) is 0. The lowest BCUT2D eigenvalue weighted by Crippen LogP contribution is -2.10. The Morgan fingerprint density at radius 1 is 1.30 bits per heavy atom. The number of benzene rings is 1. The zero-order valence-corrected chi connectivity index (χ0v) is 13.3. The minimum Gasteiger partial charge on any atom is -0.491 e. The Morgan fingerprint density at radius 3 is 2.70 bits per heavy atom. The van der Waals surface area contributed by atoms with E-state index < -0.39 is 0 Å². The second-order valence-corrected chi connectivity index (χ2v) is 5.73. The van der Waals surface area contributed by atoms with Crippen LogP contribution in [0.15, 0.2) is 30.5 Å². The molecule has 1 unspecified atom stereocenters. The van der Waals surface area contributed by atoms with Crippen molar-refractivity contribution in [1.29, 1.82) is 0 Å². The molecule has 1 N–H and O–H groups in total. The van der Waals surface area contributed by atoms with Crippen LogP contribution >= 0.6 is 12.2 Å². The van der Waals surface area contributed by atoms with Gasteiger partial charge in [-0.15, -0.1) is 0 Å². The normalized spacial score (nSPS) is 12.7. The summed E-state index contributed by atoms with van der Waals surface area (Å²) in [6.07, 6.45) is 3.19. The Labute approximate surface area is 125 Å². The molecule has 0 radical (unpaired) electrons. The van der Waals surface area contributed by atoms with E-state index in [2.05, 4.69) is 43.3 Å². The summed E-state index contributed by atoms with van der Waals surface area (Å²) >= 11 is 5.39. The topological polar surface area (TPSA) is 29.9 Å². The minimum atomic E-state index is 0.217. The van der Waals surface area contributed by atoms with Gasteiger partial charge in [0.1, 0.15) is 5.75 Å². The van der Waals surface area contributed by atoms with Crippen LogP contribution in [0.2, 0.25) is 0 Å². The zero-order chi connectivity index (χ0) is 14.7. The van der Waals surface area contributed by atoms with Crippen molar-refractivity contribution >= 4 is 12.2 Å². The Balaban J connectivity index is 2.41. The Morgan fingerprint density at radius 2 is 2.05 bits per heavy atom. The Kier molecular flexibility index (Phi) is 4.65. The molecule has 0 aliphatic heterocycles. The SMILES string of the molecule is CCC(C)Oc1cccc(-n2c(C(C)C)c[nH]c2=S)c1. The number of hydrogen-bond acceptors (Lipinski definition) is 2. The Hall–Kier alpha value is -1.55. The van der Waals surface area contributed by atoms with Gasteiger partial charge in [-0.25, -0.2) is 0 Å². The van der Waals surface area contributed by atoms with Gasteiger partial charge in [-0.1, -0.05) is 26.8 Å². The molecule has 2 rings (SSSR count). The summed E-state index contributed by atoms with van der Waals surface area (Å²) in [6, 6.07) is 8.09. The van der Waals surface area contributed by atoms with E-state index >= 15 is 0 Å². The highest BCUT2D eigenvalue weighted by molar-refractivity contribution is 7.71. The van der Waals surface area contributed by atoms with Gasteiger partial charge in [0, 0.05) is 18.0 Å². The molecule has 20 heavy (non-hydrogen) atoms. The van der Waals surface area contributed by atoms with Gasteiger partial charge >= 0.3 is 0 Å². The molecule has 3 nitrogen and oxygen atoms in total. The van der Waals surface area contributed by atoms with Crippen LogP contribution in [0.25, 0.3) is 5.69 Å². The molecule has 1 aromatic carbocycles. The molecule has 1 aromatic heterocycles. The van der Waals surface area contributed by atoms with Crippen molar-refractivity contribution in [2.45, 2.75) is 46.1 Å². The number of aromatic nitrogens is 2. The molecule has 4 heteroatoms. The summed E-state index contributed by atoms with van der Waals surface area (Å²) in [5.74, 6) is 1.29. The fourth-order valence-corrected chi connectivity index (χ4v) is 2.35. The van der Waals surface area contributed by atoms with Crippen molar-refractivity contribution in [3.63, 3.8) is 0 Å². The highest BCUT2D eigenvalue weighted by atomic mass is 32.1. The summed E-state index contributed by atoms with van der Waals surface area (Å²) in [4.78, 5) is 3.13. The van der Waals surface area contributed by atoms with Gasteiger partial charge in [-0.3, -0.25) is 4.57 Å². The third kappa shape index (κ3) is 3.12. The van der Waals surface area contributed by atoms with Crippen LogP contribution in [0.1, 0.15) is 45.7 Å². The van der Waals surface area contributed by atoms with E-state index in [1.807, 2.05) is 24.4 Å². The van der Waals surface area contributed by atoms with E-state index in [0.29, 0.717) is 5.92 Å². The number of imidazole rings is 1. The predicted octanol–water partition coefficient (Wildman–Crippen LogP) is 4.84. The molecule has 108 valence electrons. The smallest absolute Gasteiger partial charge is 0.182 e. The number of aromatic amines is 1. The third-order valence-electron chi connectivity index (χ3n) is 3.38. The van der Waals surface area contributed by atoms with Crippen LogP contribution in [-0.2, 0) is 0 Å². The Bertz CT molecular complexity index is 627. The molecule has 0 saturated carbocycles. The number of hydrogen-bond donors (Lipinski definition) is 1. The highest BCUT2D eigenvalue weighted by Crippen LogP contribution is 2.23. The lowest BCUT2D eigenvalue weighted by atomic mass is 10.1. The third-order valence-corrected chi connectivity index (χ3v) is 3.68. The summed E-state index contributed by atoms with van der Waals surface area (Å²) < 4.78 is 8.67. The number of nitrogens with one attached hydrogen (secondary N) is 1. The molecule has 0 aliphatic rings. The number of ether oxygens (including phenoxy) is 1. The lowest BCUT2D eigenvalue weighted by molar-refractivity contribution is 0.217. The van der Waals surface area contributed by atoms with Crippen LogP contribution in [0, 0.1) is 4.77 Å². The van der Waals surface area contributed by atoms with Gasteiger partial charge < -0.3 is 9.72 Å². The monoisotopic (exact) mass is 290 g/mol. The molecule has 0 bridgehead atoms. The predicted molar refractivity (Wildman–Crippen MR) is 85.4 cm³/mol. The van der Waals surface area contributed by atoms with Crippen LogP contribution in [0.5, 0.6) is 5.75 Å². The van der Waals surface area contributed by atoms with Crippen molar-refractivity contribution in [2.75, 3.05) is 0 Å². The molecule has 0 spiro atoms. The number of H-pyrrole nitrogens is 1. The van der Waals surface area contributed by atoms with Gasteiger partial charge in [-0.2, -0.15) is 0 Å². The van der Waals surface area contributed by atoms with E-state index in [4.69, 9.17) is 17.0 Å². The van der Waals surface area contributed by atoms with E-state index in [1.54, 1.807) is 0 Å². The summed E-state index contributed by atoms with van der Waals surface area (Å²) in [5, 5.41) is 0. The molecular formula is C16H22N2OS. The molecule has 1 heterocycles. The van der Waals surface area contributed by atoms with Crippen molar-refractivity contribution in [3.05, 3.63) is 40.9 Å². The summed E-state index contributed by atoms with van der Waals surface area (Å²) in [6.45, 7) is 8.52. The molecule has 0 saturated heterocycles. The molecule has 0 aliphatic carbocycles. The first kappa shape index (κ1) is 14.9. The zero-order valence-electron chi connectivity index (χ0n) is 12.5. The quantitative estimate of drug-likeness (QED) is 0.799. The molecule has 1 atom stereocenters. The van der Waals surface area contributed by atoms with Gasteiger partial charge in [0.2, 0.25) is 0 Å². The summed E-state index contributed by atoms with van der Waals surface area (Å²) in [5.41, 5.74) is 2.22. The standard InChI is InChI=1S/C16H22N2OS/c1-5-12(4)19-14-8-6-7-13(9-14)18-15(11(2)3)10-17-16(18)20/h6-12H,5H2,1-4H3,(H,17,20). The first-order valence-electron chi connectivity index (χ1n) is 7.10. The average Bonchev–Trinajstić information content (AvgIpc) is 2.81. The lowest BCUT2D eigenvalue weighted by Gasteiger charge is -2.15. The fourth-order valence-electron chi connectivity index (χ4n) is 2.08. The second-order valence-electron chi connectivity index (χ2n) is 5.34. The van der Waals surface area contributed by atoms with Gasteiger partial charge in [-0.05, 0) is 43.6 Å². The van der Waals surface area contributed by atoms with Crippen molar-refractivity contribution < 1.29 is 4.74 Å². The molecule has 0 amide bonds. The van der Waals surface area contributed by atoms with Crippen molar-refractivity contribution in [1.82, 2.24) is 9.55 Å². The largest absolute Gasteiger partial charge is 0.491 e. The van der Waals surface area contributed by atoms with E-state index in [9.17, 15) is 0 Å². The van der Waals surface area contributed by atoms with Crippen LogP contribution in [0.3, 0.4) is 0 Å². The first-order valence-corrected chi connectivity index (χ1v) is 7.51. The molecule has 2 aromatic rings. The highest BCUT2D eigenvalue weighted by Gasteiger charge is 2.11. The van der Waals surface area contributed by atoms with Crippen molar-refractivity contribution in [2.24, 2.45) is 0 Å². The molecule has 0 fully saturated rings. The maximum absolute atomic E-state index is 5.88. The molecular weight excluding hydrogens is 268 g/mol. The van der Waals surface area contributed by atoms with Gasteiger partial charge in [0.15, 0.2) is 4.77 Å². The van der Waals surface area contributed by atoms with Crippen LogP contribution in [-0.4, -0.2) is 15.7 Å². The second kappa shape index (κ2) is 6.27. The van der Waals surface area contributed by atoms with E-state index in [1.165, 1.54) is 5.69 Å². The maximum atomic E-state index is 5.88. The number of rotatable bonds is 5. The van der Waals surface area contributed by atoms with E-state index in [0.717, 1.165) is 22.6 Å². The fraction of sp³-hybridized carbons (Fsp3) is 0.438. The number of nitrogens with zero attached hydrogens (tertiary/aromatic N) is 1. The minimum absolute atomic E-state index is 0.217. The van der Waals surface area contributed by atoms with Crippen LogP contribution in [0.4, 0.5) is 0 Å². The van der Waals surface area contributed by atoms with Crippen molar-refractivity contribution in [3.8, 4) is 11.4 Å². The van der Waals surface area contributed by atoms with Gasteiger partial charge in [0.05, 0.1) is 11.8 Å². The first-order chi connectivity index (χ1) is 9.52.